The zero-order chi connectivity index (χ0) is 11.7. The summed E-state index contributed by atoms with van der Waals surface area (Å²) in [5, 5.41) is 8.96. The average molecular weight is 233 g/mol. The van der Waals surface area contributed by atoms with Gasteiger partial charge in [0.05, 0.1) is 19.3 Å². The lowest BCUT2D eigenvalue weighted by Gasteiger charge is -2.21. The summed E-state index contributed by atoms with van der Waals surface area (Å²) in [4.78, 5) is 0. The smallest absolute Gasteiger partial charge is 0.308 e. The van der Waals surface area contributed by atoms with Crippen molar-refractivity contribution in [3.63, 3.8) is 0 Å². The van der Waals surface area contributed by atoms with Crippen molar-refractivity contribution in [1.29, 1.82) is 5.26 Å². The molecule has 15 heavy (non-hydrogen) atoms. The molecule has 0 saturated heterocycles. The predicted octanol–water partition coefficient (Wildman–Crippen LogP) is 3.33. The summed E-state index contributed by atoms with van der Waals surface area (Å²) >= 11 is 0. The van der Waals surface area contributed by atoms with Gasteiger partial charge in [0.1, 0.15) is 5.66 Å². The van der Waals surface area contributed by atoms with E-state index in [1.807, 2.05) is 13.0 Å². The molecule has 0 radical (unpaired) electrons. The Kier molecular flexibility index (Phi) is 7.68. The van der Waals surface area contributed by atoms with Crippen LogP contribution in [0.1, 0.15) is 40.0 Å². The molecule has 0 spiro atoms. The fraction of sp³-hybridized carbons (Fsp3) is 0.900. The summed E-state index contributed by atoms with van der Waals surface area (Å²) in [5.74, 6) is 0. The van der Waals surface area contributed by atoms with Crippen LogP contribution in [0, 0.1) is 11.3 Å². The lowest BCUT2D eigenvalue weighted by atomic mass is 10.2. The first-order chi connectivity index (χ1) is 7.14. The molecule has 0 aliphatic carbocycles. The Morgan fingerprint density at radius 2 is 1.80 bits per heavy atom. The predicted molar refractivity (Wildman–Crippen MR) is 59.8 cm³/mol. The summed E-state index contributed by atoms with van der Waals surface area (Å²) in [5.41, 5.74) is -0.627. The van der Waals surface area contributed by atoms with Crippen molar-refractivity contribution >= 4 is 7.60 Å². The zero-order valence-corrected chi connectivity index (χ0v) is 10.6. The van der Waals surface area contributed by atoms with Gasteiger partial charge in [-0.2, -0.15) is 5.26 Å². The van der Waals surface area contributed by atoms with Gasteiger partial charge in [0.2, 0.25) is 0 Å². The summed E-state index contributed by atoms with van der Waals surface area (Å²) in [6.45, 7) is 6.14. The minimum absolute atomic E-state index is 0.307. The van der Waals surface area contributed by atoms with Crippen molar-refractivity contribution in [3.8, 4) is 6.07 Å². The van der Waals surface area contributed by atoms with Crippen LogP contribution in [0.15, 0.2) is 0 Å². The molecule has 0 rings (SSSR count). The van der Waals surface area contributed by atoms with Crippen LogP contribution in [0.2, 0.25) is 0 Å². The highest BCUT2D eigenvalue weighted by Gasteiger charge is 2.34. The van der Waals surface area contributed by atoms with Crippen molar-refractivity contribution in [1.82, 2.24) is 0 Å². The Bertz CT molecular complexity index is 240. The number of hydrogen-bond acceptors (Lipinski definition) is 4. The van der Waals surface area contributed by atoms with Crippen molar-refractivity contribution in [2.75, 3.05) is 13.2 Å². The quantitative estimate of drug-likeness (QED) is 0.603. The molecule has 0 saturated carbocycles. The third kappa shape index (κ3) is 4.79. The van der Waals surface area contributed by atoms with Crippen LogP contribution in [0.4, 0.5) is 0 Å². The molecule has 4 nitrogen and oxygen atoms in total. The Morgan fingerprint density at radius 3 is 2.13 bits per heavy atom. The van der Waals surface area contributed by atoms with Crippen molar-refractivity contribution in [2.24, 2.45) is 0 Å². The highest BCUT2D eigenvalue weighted by atomic mass is 31.2. The van der Waals surface area contributed by atoms with E-state index >= 15 is 0 Å². The molecule has 0 N–H and O–H groups in total. The fourth-order valence-electron chi connectivity index (χ4n) is 1.27. The number of nitriles is 1. The summed E-state index contributed by atoms with van der Waals surface area (Å²) in [6, 6.07) is 2.03. The van der Waals surface area contributed by atoms with E-state index in [0.717, 1.165) is 12.8 Å². The first kappa shape index (κ1) is 14.6. The molecule has 5 heteroatoms. The van der Waals surface area contributed by atoms with Gasteiger partial charge in [-0.25, -0.2) is 0 Å². The molecule has 0 aromatic carbocycles. The first-order valence-corrected chi connectivity index (χ1v) is 7.04. The van der Waals surface area contributed by atoms with E-state index < -0.39 is 13.3 Å². The second-order valence-electron chi connectivity index (χ2n) is 3.16. The van der Waals surface area contributed by atoms with E-state index in [0.29, 0.717) is 19.6 Å². The van der Waals surface area contributed by atoms with Crippen LogP contribution in [0.25, 0.3) is 0 Å². The molecule has 1 atom stereocenters. The maximum Gasteiger partial charge on any atom is 0.347 e. The van der Waals surface area contributed by atoms with E-state index in [4.69, 9.17) is 14.3 Å². The lowest BCUT2D eigenvalue weighted by Crippen LogP contribution is -2.11. The van der Waals surface area contributed by atoms with Crippen molar-refractivity contribution in [3.05, 3.63) is 0 Å². The third-order valence-corrected chi connectivity index (χ3v) is 4.35. The highest BCUT2D eigenvalue weighted by Crippen LogP contribution is 2.54. The minimum atomic E-state index is -3.22. The summed E-state index contributed by atoms with van der Waals surface area (Å²) < 4.78 is 22.4. The Morgan fingerprint density at radius 1 is 1.27 bits per heavy atom. The number of hydrogen-bond donors (Lipinski definition) is 0. The Balaban J connectivity index is 4.55. The highest BCUT2D eigenvalue weighted by molar-refractivity contribution is 7.55. The van der Waals surface area contributed by atoms with Gasteiger partial charge in [0.15, 0.2) is 0 Å². The van der Waals surface area contributed by atoms with E-state index in [9.17, 15) is 4.57 Å². The van der Waals surface area contributed by atoms with E-state index in [2.05, 4.69) is 0 Å². The Hall–Kier alpha value is -0.360. The van der Waals surface area contributed by atoms with Crippen LogP contribution in [-0.2, 0) is 13.6 Å². The lowest BCUT2D eigenvalue weighted by molar-refractivity contribution is 0.215. The topological polar surface area (TPSA) is 59.3 Å². The molecule has 1 unspecified atom stereocenters. The third-order valence-electron chi connectivity index (χ3n) is 1.98. The van der Waals surface area contributed by atoms with Gasteiger partial charge in [-0.1, -0.05) is 19.8 Å². The van der Waals surface area contributed by atoms with Crippen LogP contribution in [0.3, 0.4) is 0 Å². The van der Waals surface area contributed by atoms with Gasteiger partial charge < -0.3 is 9.05 Å². The van der Waals surface area contributed by atoms with Crippen LogP contribution in [-0.4, -0.2) is 18.9 Å². The second-order valence-corrected chi connectivity index (χ2v) is 5.38. The van der Waals surface area contributed by atoms with Crippen LogP contribution < -0.4 is 0 Å². The molecule has 0 bridgehead atoms. The molecule has 0 aromatic rings. The largest absolute Gasteiger partial charge is 0.347 e. The van der Waals surface area contributed by atoms with Gasteiger partial charge in [0.25, 0.3) is 0 Å². The summed E-state index contributed by atoms with van der Waals surface area (Å²) in [7, 11) is -3.22. The molecular formula is C10H20NO3P. The maximum absolute atomic E-state index is 12.2. The van der Waals surface area contributed by atoms with Gasteiger partial charge in [-0.15, -0.1) is 0 Å². The van der Waals surface area contributed by atoms with Gasteiger partial charge in [-0.3, -0.25) is 4.57 Å². The molecule has 0 aliphatic rings. The fourth-order valence-corrected chi connectivity index (χ4v) is 3.06. The molecule has 88 valence electrons. The summed E-state index contributed by atoms with van der Waals surface area (Å²) in [6.07, 6.45) is 2.41. The maximum atomic E-state index is 12.2. The van der Waals surface area contributed by atoms with Crippen molar-refractivity contribution < 1.29 is 13.6 Å². The molecule has 0 aromatic heterocycles. The standard InChI is InChI=1S/C10H20NO3P/c1-4-7-8-10(9-11)15(12,13-5-2)14-6-3/h10H,4-8H2,1-3H3. The van der Waals surface area contributed by atoms with E-state index in [-0.39, 0.29) is 0 Å². The molecule has 0 heterocycles. The number of nitrogens with zero attached hydrogens (tertiary/aromatic N) is 1. The molecule has 0 amide bonds. The first-order valence-electron chi connectivity index (χ1n) is 5.43. The van der Waals surface area contributed by atoms with E-state index in [1.54, 1.807) is 13.8 Å². The van der Waals surface area contributed by atoms with Gasteiger partial charge >= 0.3 is 7.60 Å². The van der Waals surface area contributed by atoms with Crippen molar-refractivity contribution in [2.45, 2.75) is 45.7 Å². The van der Waals surface area contributed by atoms with E-state index in [1.165, 1.54) is 0 Å². The zero-order valence-electron chi connectivity index (χ0n) is 9.73. The minimum Gasteiger partial charge on any atom is -0.308 e. The number of rotatable bonds is 8. The van der Waals surface area contributed by atoms with Gasteiger partial charge in [0, 0.05) is 0 Å². The van der Waals surface area contributed by atoms with Gasteiger partial charge in [-0.05, 0) is 20.3 Å². The van der Waals surface area contributed by atoms with Crippen LogP contribution in [0.5, 0.6) is 0 Å². The Labute approximate surface area is 92.1 Å². The molecule has 0 fully saturated rings. The molecular weight excluding hydrogens is 213 g/mol. The average Bonchev–Trinajstić information content (AvgIpc) is 2.19. The monoisotopic (exact) mass is 233 g/mol. The SMILES string of the molecule is CCCCC(C#N)P(=O)(OCC)OCC. The second kappa shape index (κ2) is 7.87. The normalized spacial score (nSPS) is 13.5. The number of unbranched alkanes of at least 4 members (excludes halogenated alkanes) is 1. The van der Waals surface area contributed by atoms with Crippen LogP contribution >= 0.6 is 7.60 Å². The molecule has 0 aliphatic heterocycles.